The van der Waals surface area contributed by atoms with Crippen molar-refractivity contribution < 1.29 is 4.74 Å². The number of nitrogens with two attached hydrogens (primary N) is 1. The highest BCUT2D eigenvalue weighted by atomic mass is 16.5. The van der Waals surface area contributed by atoms with Gasteiger partial charge in [-0.15, -0.1) is 0 Å². The van der Waals surface area contributed by atoms with Crippen LogP contribution in [0.5, 0.6) is 0 Å². The Bertz CT molecular complexity index is 298. The molecular formula is C12H19N3O. The zero-order valence-electron chi connectivity index (χ0n) is 9.43. The molecule has 0 aliphatic carbocycles. The van der Waals surface area contributed by atoms with Crippen LogP contribution in [-0.2, 0) is 4.74 Å². The summed E-state index contributed by atoms with van der Waals surface area (Å²) in [6.07, 6.45) is 8.45. The highest BCUT2D eigenvalue weighted by Gasteiger charge is 2.19. The van der Waals surface area contributed by atoms with Crippen molar-refractivity contribution in [3.8, 4) is 0 Å². The maximum Gasteiger partial charge on any atom is 0.0593 e. The van der Waals surface area contributed by atoms with Crippen molar-refractivity contribution in [3.05, 3.63) is 30.1 Å². The number of hydrogen-bond donors (Lipinski definition) is 2. The van der Waals surface area contributed by atoms with Crippen molar-refractivity contribution in [1.82, 2.24) is 10.4 Å². The largest absolute Gasteiger partial charge is 0.378 e. The van der Waals surface area contributed by atoms with E-state index in [9.17, 15) is 0 Å². The van der Waals surface area contributed by atoms with Crippen LogP contribution in [0.25, 0.3) is 0 Å². The fraction of sp³-hybridized carbons (Fsp3) is 0.583. The second kappa shape index (κ2) is 5.94. The molecule has 1 aromatic heterocycles. The summed E-state index contributed by atoms with van der Waals surface area (Å²) in [7, 11) is 0. The number of nitrogens with zero attached hydrogens (tertiary/aromatic N) is 1. The van der Waals surface area contributed by atoms with E-state index in [1.165, 1.54) is 12.8 Å². The van der Waals surface area contributed by atoms with Gasteiger partial charge in [-0.25, -0.2) is 0 Å². The molecule has 2 heterocycles. The topological polar surface area (TPSA) is 60.2 Å². The molecule has 1 aromatic rings. The van der Waals surface area contributed by atoms with Crippen LogP contribution in [0, 0.1) is 0 Å². The molecule has 3 N–H and O–H groups in total. The maximum absolute atomic E-state index is 5.72. The predicted molar refractivity (Wildman–Crippen MR) is 62.5 cm³/mol. The lowest BCUT2D eigenvalue weighted by Gasteiger charge is -2.26. The van der Waals surface area contributed by atoms with Crippen LogP contribution < -0.4 is 11.3 Å². The summed E-state index contributed by atoms with van der Waals surface area (Å²) < 4.78 is 5.72. The van der Waals surface area contributed by atoms with Crippen molar-refractivity contribution in [2.24, 2.45) is 5.84 Å². The van der Waals surface area contributed by atoms with E-state index in [-0.39, 0.29) is 6.04 Å². The normalized spacial score (nSPS) is 22.9. The van der Waals surface area contributed by atoms with Crippen molar-refractivity contribution in [3.63, 3.8) is 0 Å². The first-order valence-corrected chi connectivity index (χ1v) is 5.88. The van der Waals surface area contributed by atoms with E-state index in [1.54, 1.807) is 6.20 Å². The molecule has 0 radical (unpaired) electrons. The quantitative estimate of drug-likeness (QED) is 0.598. The Kier molecular flexibility index (Phi) is 4.27. The Morgan fingerprint density at radius 2 is 2.50 bits per heavy atom. The minimum Gasteiger partial charge on any atom is -0.378 e. The van der Waals surface area contributed by atoms with E-state index in [1.807, 2.05) is 18.3 Å². The highest BCUT2D eigenvalue weighted by molar-refractivity contribution is 5.13. The van der Waals surface area contributed by atoms with Crippen molar-refractivity contribution >= 4 is 0 Å². The van der Waals surface area contributed by atoms with E-state index in [2.05, 4.69) is 10.4 Å². The molecule has 1 aliphatic heterocycles. The SMILES string of the molecule is NNC(CC1CCCCO1)c1cccnc1. The molecule has 0 spiro atoms. The first-order chi connectivity index (χ1) is 7.90. The molecule has 0 saturated carbocycles. The van der Waals surface area contributed by atoms with E-state index in [0.717, 1.165) is 25.0 Å². The van der Waals surface area contributed by atoms with E-state index in [4.69, 9.17) is 10.6 Å². The highest BCUT2D eigenvalue weighted by Crippen LogP contribution is 2.23. The minimum atomic E-state index is 0.136. The zero-order valence-corrected chi connectivity index (χ0v) is 9.43. The lowest BCUT2D eigenvalue weighted by atomic mass is 9.98. The lowest BCUT2D eigenvalue weighted by molar-refractivity contribution is 0.00500. The fourth-order valence-corrected chi connectivity index (χ4v) is 2.14. The number of nitrogens with one attached hydrogen (secondary N) is 1. The summed E-state index contributed by atoms with van der Waals surface area (Å²) in [6.45, 7) is 0.884. The number of ether oxygens (including phenoxy) is 1. The molecule has 1 fully saturated rings. The van der Waals surface area contributed by atoms with Gasteiger partial charge < -0.3 is 4.74 Å². The Balaban J connectivity index is 1.94. The van der Waals surface area contributed by atoms with Gasteiger partial charge >= 0.3 is 0 Å². The monoisotopic (exact) mass is 221 g/mol. The number of aromatic nitrogens is 1. The van der Waals surface area contributed by atoms with Crippen LogP contribution in [0.4, 0.5) is 0 Å². The van der Waals surface area contributed by atoms with Crippen molar-refractivity contribution in [2.45, 2.75) is 37.8 Å². The molecule has 2 rings (SSSR count). The number of hydrogen-bond acceptors (Lipinski definition) is 4. The van der Waals surface area contributed by atoms with Crippen LogP contribution in [0.15, 0.2) is 24.5 Å². The Morgan fingerprint density at radius 1 is 1.56 bits per heavy atom. The van der Waals surface area contributed by atoms with Gasteiger partial charge in [-0.1, -0.05) is 6.07 Å². The summed E-state index contributed by atoms with van der Waals surface area (Å²) in [5, 5.41) is 0. The number of rotatable bonds is 4. The Hall–Kier alpha value is -0.970. The predicted octanol–water partition coefficient (Wildman–Crippen LogP) is 1.55. The third-order valence-electron chi connectivity index (χ3n) is 3.06. The summed E-state index contributed by atoms with van der Waals surface area (Å²) in [6, 6.07) is 4.11. The second-order valence-electron chi connectivity index (χ2n) is 4.23. The standard InChI is InChI=1S/C12H19N3O/c13-15-12(10-4-3-6-14-9-10)8-11-5-1-2-7-16-11/h3-4,6,9,11-12,15H,1-2,5,7-8,13H2. The Morgan fingerprint density at radius 3 is 3.12 bits per heavy atom. The molecule has 1 aliphatic rings. The van der Waals surface area contributed by atoms with Gasteiger partial charge in [0.15, 0.2) is 0 Å². The van der Waals surface area contributed by atoms with Gasteiger partial charge in [0, 0.05) is 25.0 Å². The Labute approximate surface area is 96.2 Å². The molecule has 4 heteroatoms. The van der Waals surface area contributed by atoms with Gasteiger partial charge in [-0.3, -0.25) is 16.3 Å². The molecule has 0 amide bonds. The molecule has 1 saturated heterocycles. The average molecular weight is 221 g/mol. The first kappa shape index (κ1) is 11.5. The fourth-order valence-electron chi connectivity index (χ4n) is 2.14. The number of pyridine rings is 1. The van der Waals surface area contributed by atoms with Crippen molar-refractivity contribution in [1.29, 1.82) is 0 Å². The van der Waals surface area contributed by atoms with Gasteiger partial charge in [0.05, 0.1) is 6.10 Å². The van der Waals surface area contributed by atoms with E-state index < -0.39 is 0 Å². The first-order valence-electron chi connectivity index (χ1n) is 5.88. The van der Waals surface area contributed by atoms with Crippen LogP contribution >= 0.6 is 0 Å². The third-order valence-corrected chi connectivity index (χ3v) is 3.06. The average Bonchev–Trinajstić information content (AvgIpc) is 2.38. The van der Waals surface area contributed by atoms with Gasteiger partial charge in [-0.05, 0) is 37.3 Å². The second-order valence-corrected chi connectivity index (χ2v) is 4.23. The van der Waals surface area contributed by atoms with Crippen molar-refractivity contribution in [2.75, 3.05) is 6.61 Å². The van der Waals surface area contributed by atoms with Crippen LogP contribution in [0.1, 0.15) is 37.3 Å². The van der Waals surface area contributed by atoms with E-state index >= 15 is 0 Å². The van der Waals surface area contributed by atoms with Gasteiger partial charge in [-0.2, -0.15) is 0 Å². The molecule has 0 bridgehead atoms. The molecule has 2 atom stereocenters. The maximum atomic E-state index is 5.72. The van der Waals surface area contributed by atoms with Gasteiger partial charge in [0.2, 0.25) is 0 Å². The molecule has 0 aromatic carbocycles. The van der Waals surface area contributed by atoms with Crippen LogP contribution in [-0.4, -0.2) is 17.7 Å². The van der Waals surface area contributed by atoms with Crippen LogP contribution in [0.3, 0.4) is 0 Å². The molecule has 4 nitrogen and oxygen atoms in total. The minimum absolute atomic E-state index is 0.136. The van der Waals surface area contributed by atoms with E-state index in [0.29, 0.717) is 6.10 Å². The number of hydrazine groups is 1. The summed E-state index contributed by atoms with van der Waals surface area (Å²) >= 11 is 0. The molecule has 2 unspecified atom stereocenters. The van der Waals surface area contributed by atoms with Gasteiger partial charge in [0.1, 0.15) is 0 Å². The van der Waals surface area contributed by atoms with Gasteiger partial charge in [0.25, 0.3) is 0 Å². The summed E-state index contributed by atoms with van der Waals surface area (Å²) in [5.74, 6) is 5.59. The summed E-state index contributed by atoms with van der Waals surface area (Å²) in [5.41, 5.74) is 3.97. The molecule has 16 heavy (non-hydrogen) atoms. The summed E-state index contributed by atoms with van der Waals surface area (Å²) in [4.78, 5) is 4.11. The lowest BCUT2D eigenvalue weighted by Crippen LogP contribution is -2.32. The molecular weight excluding hydrogens is 202 g/mol. The smallest absolute Gasteiger partial charge is 0.0593 e. The van der Waals surface area contributed by atoms with Crippen LogP contribution in [0.2, 0.25) is 0 Å². The molecule has 88 valence electrons. The zero-order chi connectivity index (χ0) is 11.2. The third kappa shape index (κ3) is 3.01.